The van der Waals surface area contributed by atoms with Gasteiger partial charge in [0.15, 0.2) is 0 Å². The van der Waals surface area contributed by atoms with Crippen molar-refractivity contribution in [2.75, 3.05) is 11.9 Å². The Hall–Kier alpha value is -1.40. The molecule has 0 saturated carbocycles. The number of thiophene rings is 1. The third kappa shape index (κ3) is 4.94. The summed E-state index contributed by atoms with van der Waals surface area (Å²) in [6, 6.07) is 1.76. The van der Waals surface area contributed by atoms with E-state index in [1.165, 1.54) is 11.3 Å². The molecule has 1 atom stereocenters. The Morgan fingerprint density at radius 2 is 2.15 bits per heavy atom. The molecule has 1 rings (SSSR count). The topological polar surface area (TPSA) is 75.6 Å². The first kappa shape index (κ1) is 16.7. The summed E-state index contributed by atoms with van der Waals surface area (Å²) in [5.74, 6) is -0.629. The number of amides is 1. The molecule has 2 N–H and O–H groups in total. The van der Waals surface area contributed by atoms with Gasteiger partial charge in [-0.3, -0.25) is 4.79 Å². The lowest BCUT2D eigenvalue weighted by Crippen LogP contribution is -2.15. The van der Waals surface area contributed by atoms with E-state index in [1.54, 1.807) is 19.9 Å². The zero-order valence-corrected chi connectivity index (χ0v) is 12.9. The number of aryl methyl sites for hydroxylation is 1. The van der Waals surface area contributed by atoms with E-state index in [-0.39, 0.29) is 12.3 Å². The highest BCUT2D eigenvalue weighted by Crippen LogP contribution is 2.29. The summed E-state index contributed by atoms with van der Waals surface area (Å²) in [5, 5.41) is 12.4. The fraction of sp³-hybridized carbons (Fsp3) is 0.571. The van der Waals surface area contributed by atoms with Gasteiger partial charge in [0.1, 0.15) is 5.00 Å². The van der Waals surface area contributed by atoms with E-state index in [1.807, 2.05) is 6.92 Å². The lowest BCUT2D eigenvalue weighted by atomic mass is 10.2. The van der Waals surface area contributed by atoms with Crippen molar-refractivity contribution in [2.24, 2.45) is 0 Å². The first-order chi connectivity index (χ1) is 9.47. The third-order valence-electron chi connectivity index (χ3n) is 2.67. The van der Waals surface area contributed by atoms with Crippen molar-refractivity contribution in [3.05, 3.63) is 16.5 Å². The predicted molar refractivity (Wildman–Crippen MR) is 79.2 cm³/mol. The van der Waals surface area contributed by atoms with Crippen LogP contribution in [0.15, 0.2) is 6.07 Å². The minimum absolute atomic E-state index is 0.207. The molecule has 6 heteroatoms. The van der Waals surface area contributed by atoms with Crippen molar-refractivity contribution in [3.63, 3.8) is 0 Å². The minimum atomic E-state index is -0.514. The molecule has 0 saturated heterocycles. The molecule has 1 unspecified atom stereocenters. The molecule has 20 heavy (non-hydrogen) atoms. The average Bonchev–Trinajstić information content (AvgIpc) is 2.80. The van der Waals surface area contributed by atoms with Crippen LogP contribution in [0, 0.1) is 0 Å². The van der Waals surface area contributed by atoms with Crippen molar-refractivity contribution >= 4 is 28.2 Å². The molecule has 5 nitrogen and oxygen atoms in total. The smallest absolute Gasteiger partial charge is 0.341 e. The number of hydrogen-bond acceptors (Lipinski definition) is 5. The maximum atomic E-state index is 11.8. The molecule has 0 fully saturated rings. The number of carbonyl (C=O) groups is 2. The van der Waals surface area contributed by atoms with Gasteiger partial charge in [-0.1, -0.05) is 6.92 Å². The number of nitrogens with one attached hydrogen (secondary N) is 1. The van der Waals surface area contributed by atoms with Gasteiger partial charge in [0, 0.05) is 11.3 Å². The molecular formula is C14H21NO4S. The van der Waals surface area contributed by atoms with E-state index in [0.717, 1.165) is 11.3 Å². The van der Waals surface area contributed by atoms with E-state index in [4.69, 9.17) is 4.74 Å². The van der Waals surface area contributed by atoms with Gasteiger partial charge in [0.2, 0.25) is 5.91 Å². The first-order valence-corrected chi connectivity index (χ1v) is 7.57. The summed E-state index contributed by atoms with van der Waals surface area (Å²) in [4.78, 5) is 24.6. The summed E-state index contributed by atoms with van der Waals surface area (Å²) in [7, 11) is 0. The largest absolute Gasteiger partial charge is 0.462 e. The number of hydrogen-bond donors (Lipinski definition) is 2. The highest BCUT2D eigenvalue weighted by molar-refractivity contribution is 7.16. The fourth-order valence-corrected chi connectivity index (χ4v) is 2.60. The Balaban J connectivity index is 2.79. The van der Waals surface area contributed by atoms with Crippen molar-refractivity contribution in [3.8, 4) is 0 Å². The van der Waals surface area contributed by atoms with Crippen LogP contribution in [0.5, 0.6) is 0 Å². The second kappa shape index (κ2) is 8.01. The van der Waals surface area contributed by atoms with Gasteiger partial charge >= 0.3 is 5.97 Å². The van der Waals surface area contributed by atoms with Gasteiger partial charge in [0.05, 0.1) is 18.3 Å². The van der Waals surface area contributed by atoms with E-state index in [0.29, 0.717) is 23.6 Å². The number of aliphatic hydroxyl groups is 1. The normalized spacial score (nSPS) is 12.0. The van der Waals surface area contributed by atoms with Crippen molar-refractivity contribution in [1.82, 2.24) is 0 Å². The lowest BCUT2D eigenvalue weighted by Gasteiger charge is -2.07. The number of esters is 1. The van der Waals surface area contributed by atoms with Gasteiger partial charge in [-0.25, -0.2) is 4.79 Å². The second-order valence-electron chi connectivity index (χ2n) is 4.47. The Labute approximate surface area is 123 Å². The quantitative estimate of drug-likeness (QED) is 0.759. The summed E-state index contributed by atoms with van der Waals surface area (Å²) in [6.45, 7) is 5.66. The maximum Gasteiger partial charge on any atom is 0.341 e. The molecule has 1 aromatic heterocycles. The molecule has 0 aromatic carbocycles. The van der Waals surface area contributed by atoms with E-state index in [9.17, 15) is 14.7 Å². The van der Waals surface area contributed by atoms with E-state index < -0.39 is 12.1 Å². The van der Waals surface area contributed by atoms with Crippen LogP contribution in [0.1, 0.15) is 48.8 Å². The number of carbonyl (C=O) groups excluding carboxylic acids is 2. The van der Waals surface area contributed by atoms with Crippen LogP contribution in [-0.2, 0) is 16.0 Å². The molecule has 0 spiro atoms. The summed E-state index contributed by atoms with van der Waals surface area (Å²) in [5.41, 5.74) is 0.402. The van der Waals surface area contributed by atoms with Crippen LogP contribution in [0.25, 0.3) is 0 Å². The monoisotopic (exact) mass is 299 g/mol. The molecule has 1 aromatic rings. The van der Waals surface area contributed by atoms with Crippen molar-refractivity contribution in [2.45, 2.75) is 46.1 Å². The summed E-state index contributed by atoms with van der Waals surface area (Å²) >= 11 is 1.38. The lowest BCUT2D eigenvalue weighted by molar-refractivity contribution is -0.116. The van der Waals surface area contributed by atoms with Crippen LogP contribution in [0.4, 0.5) is 5.00 Å². The standard InChI is InChI=1S/C14H21NO4S/c1-4-10-8-11(14(18)19-5-2)13(20-10)15-12(17)7-6-9(3)16/h8-9,16H,4-7H2,1-3H3,(H,15,17). The van der Waals surface area contributed by atoms with Crippen LogP contribution < -0.4 is 5.32 Å². The SMILES string of the molecule is CCOC(=O)c1cc(CC)sc1NC(=O)CCC(C)O. The first-order valence-electron chi connectivity index (χ1n) is 6.75. The van der Waals surface area contributed by atoms with Crippen molar-refractivity contribution in [1.29, 1.82) is 0 Å². The zero-order valence-electron chi connectivity index (χ0n) is 12.1. The second-order valence-corrected chi connectivity index (χ2v) is 5.60. The molecule has 0 bridgehead atoms. The molecular weight excluding hydrogens is 278 g/mol. The number of anilines is 1. The summed E-state index contributed by atoms with van der Waals surface area (Å²) < 4.78 is 4.98. The molecule has 1 amide bonds. The fourth-order valence-electron chi connectivity index (χ4n) is 1.60. The molecule has 0 radical (unpaired) electrons. The Kier molecular flexibility index (Phi) is 6.67. The van der Waals surface area contributed by atoms with Gasteiger partial charge in [-0.2, -0.15) is 0 Å². The Bertz CT molecular complexity index is 468. The molecule has 0 aliphatic rings. The molecule has 0 aliphatic carbocycles. The Morgan fingerprint density at radius 1 is 1.45 bits per heavy atom. The highest BCUT2D eigenvalue weighted by Gasteiger charge is 2.18. The van der Waals surface area contributed by atoms with Crippen LogP contribution in [0.2, 0.25) is 0 Å². The molecule has 1 heterocycles. The molecule has 0 aliphatic heterocycles. The highest BCUT2D eigenvalue weighted by atomic mass is 32.1. The van der Waals surface area contributed by atoms with Gasteiger partial charge in [0.25, 0.3) is 0 Å². The average molecular weight is 299 g/mol. The summed E-state index contributed by atoms with van der Waals surface area (Å²) in [6.07, 6.45) is 0.895. The third-order valence-corrected chi connectivity index (χ3v) is 3.86. The van der Waals surface area contributed by atoms with Crippen LogP contribution in [-0.4, -0.2) is 29.7 Å². The van der Waals surface area contributed by atoms with Gasteiger partial charge in [-0.15, -0.1) is 11.3 Å². The number of aliphatic hydroxyl groups excluding tert-OH is 1. The maximum absolute atomic E-state index is 11.8. The Morgan fingerprint density at radius 3 is 2.70 bits per heavy atom. The van der Waals surface area contributed by atoms with E-state index in [2.05, 4.69) is 5.32 Å². The van der Waals surface area contributed by atoms with E-state index >= 15 is 0 Å². The van der Waals surface area contributed by atoms with Gasteiger partial charge in [-0.05, 0) is 32.8 Å². The zero-order chi connectivity index (χ0) is 15.1. The predicted octanol–water partition coefficient (Wildman–Crippen LogP) is 2.59. The minimum Gasteiger partial charge on any atom is -0.462 e. The number of ether oxygens (including phenoxy) is 1. The molecule has 112 valence electrons. The van der Waals surface area contributed by atoms with Gasteiger partial charge < -0.3 is 15.2 Å². The van der Waals surface area contributed by atoms with Crippen molar-refractivity contribution < 1.29 is 19.4 Å². The van der Waals surface area contributed by atoms with Crippen LogP contribution in [0.3, 0.4) is 0 Å². The van der Waals surface area contributed by atoms with Crippen LogP contribution >= 0.6 is 11.3 Å². The number of rotatable bonds is 7.